The van der Waals surface area contributed by atoms with Gasteiger partial charge in [0.05, 0.1) is 28.6 Å². The van der Waals surface area contributed by atoms with E-state index in [1.807, 2.05) is 23.6 Å². The Morgan fingerprint density at radius 1 is 1.13 bits per heavy atom. The van der Waals surface area contributed by atoms with Gasteiger partial charge in [0.25, 0.3) is 5.91 Å². The van der Waals surface area contributed by atoms with Crippen molar-refractivity contribution < 1.29 is 9.59 Å². The molecule has 2 amide bonds. The first-order valence-electron chi connectivity index (χ1n) is 9.11. The highest BCUT2D eigenvalue weighted by Crippen LogP contribution is 2.22. The fraction of sp³-hybridized carbons (Fsp3) is 0.200. The number of thioether (sulfide) groups is 1. The van der Waals surface area contributed by atoms with E-state index in [-0.39, 0.29) is 24.1 Å². The average Bonchev–Trinajstić information content (AvgIpc) is 3.14. The highest BCUT2D eigenvalue weighted by Gasteiger charge is 2.15. The number of rotatable bonds is 8. The molecule has 0 aliphatic carbocycles. The zero-order valence-corrected chi connectivity index (χ0v) is 19.2. The van der Waals surface area contributed by atoms with Crippen molar-refractivity contribution in [3.8, 4) is 0 Å². The van der Waals surface area contributed by atoms with Crippen molar-refractivity contribution in [1.82, 2.24) is 20.1 Å². The molecule has 10 heteroatoms. The van der Waals surface area contributed by atoms with Crippen LogP contribution < -0.4 is 10.6 Å². The number of para-hydroxylation sites is 1. The largest absolute Gasteiger partial charge is 0.345 e. The maximum Gasteiger partial charge on any atom is 0.252 e. The molecule has 30 heavy (non-hydrogen) atoms. The summed E-state index contributed by atoms with van der Waals surface area (Å²) in [6.45, 7) is 2.80. The number of hydrogen-bond acceptors (Lipinski definition) is 5. The SMILES string of the molecule is CCn1c(CNC(=O)c2ccccc2Br)nnc1SCC(=O)Nc1ccccc1Cl. The molecule has 0 fully saturated rings. The molecule has 2 aromatic carbocycles. The number of halogens is 2. The summed E-state index contributed by atoms with van der Waals surface area (Å²) in [4.78, 5) is 24.6. The molecule has 1 heterocycles. The number of anilines is 1. The lowest BCUT2D eigenvalue weighted by atomic mass is 10.2. The molecule has 156 valence electrons. The first-order chi connectivity index (χ1) is 14.5. The number of amides is 2. The molecule has 0 unspecified atom stereocenters. The van der Waals surface area contributed by atoms with Crippen LogP contribution in [0.3, 0.4) is 0 Å². The Labute approximate surface area is 191 Å². The summed E-state index contributed by atoms with van der Waals surface area (Å²) in [6.07, 6.45) is 0. The van der Waals surface area contributed by atoms with Crippen LogP contribution in [0.1, 0.15) is 23.1 Å². The van der Waals surface area contributed by atoms with Gasteiger partial charge in [-0.15, -0.1) is 10.2 Å². The van der Waals surface area contributed by atoms with Gasteiger partial charge in [0, 0.05) is 11.0 Å². The van der Waals surface area contributed by atoms with E-state index >= 15 is 0 Å². The summed E-state index contributed by atoms with van der Waals surface area (Å²) in [5, 5.41) is 15.0. The predicted octanol–water partition coefficient (Wildman–Crippen LogP) is 4.37. The van der Waals surface area contributed by atoms with Gasteiger partial charge in [0.15, 0.2) is 11.0 Å². The Morgan fingerprint density at radius 3 is 2.60 bits per heavy atom. The van der Waals surface area contributed by atoms with Crippen molar-refractivity contribution in [2.45, 2.75) is 25.2 Å². The second-order valence-corrected chi connectivity index (χ2v) is 8.33. The van der Waals surface area contributed by atoms with E-state index in [9.17, 15) is 9.59 Å². The minimum absolute atomic E-state index is 0.159. The maximum atomic E-state index is 12.4. The Balaban J connectivity index is 1.58. The number of nitrogens with zero attached hydrogens (tertiary/aromatic N) is 3. The van der Waals surface area contributed by atoms with Gasteiger partial charge in [-0.3, -0.25) is 9.59 Å². The summed E-state index contributed by atoms with van der Waals surface area (Å²) in [7, 11) is 0. The number of nitrogens with one attached hydrogen (secondary N) is 2. The van der Waals surface area contributed by atoms with E-state index in [2.05, 4.69) is 36.8 Å². The van der Waals surface area contributed by atoms with Crippen LogP contribution in [-0.2, 0) is 17.9 Å². The molecular weight excluding hydrogens is 490 g/mol. The van der Waals surface area contributed by atoms with Gasteiger partial charge in [-0.05, 0) is 47.1 Å². The topological polar surface area (TPSA) is 88.9 Å². The second-order valence-electron chi connectivity index (χ2n) is 6.12. The number of benzene rings is 2. The van der Waals surface area contributed by atoms with Crippen LogP contribution in [0.2, 0.25) is 5.02 Å². The van der Waals surface area contributed by atoms with Crippen LogP contribution in [0.5, 0.6) is 0 Å². The van der Waals surface area contributed by atoms with E-state index in [0.29, 0.717) is 33.8 Å². The molecule has 0 spiro atoms. The summed E-state index contributed by atoms with van der Waals surface area (Å²) >= 11 is 10.7. The van der Waals surface area contributed by atoms with Gasteiger partial charge in [0.2, 0.25) is 5.91 Å². The quantitative estimate of drug-likeness (QED) is 0.441. The lowest BCUT2D eigenvalue weighted by Crippen LogP contribution is -2.25. The number of carbonyl (C=O) groups is 2. The standard InChI is InChI=1S/C20H19BrClN5O2S/c1-2-27-17(11-23-19(29)13-7-3-4-8-14(13)21)25-26-20(27)30-12-18(28)24-16-10-6-5-9-15(16)22/h3-10H,2,11-12H2,1H3,(H,23,29)(H,24,28). The van der Waals surface area contributed by atoms with Crippen molar-refractivity contribution >= 4 is 56.8 Å². The summed E-state index contributed by atoms with van der Waals surface area (Å²) < 4.78 is 2.59. The minimum atomic E-state index is -0.207. The van der Waals surface area contributed by atoms with Crippen molar-refractivity contribution in [2.24, 2.45) is 0 Å². The van der Waals surface area contributed by atoms with Gasteiger partial charge in [-0.2, -0.15) is 0 Å². The molecule has 0 radical (unpaired) electrons. The third-order valence-electron chi connectivity index (χ3n) is 4.12. The van der Waals surface area contributed by atoms with Gasteiger partial charge in [-0.1, -0.05) is 47.6 Å². The van der Waals surface area contributed by atoms with Crippen LogP contribution in [0.15, 0.2) is 58.2 Å². The third-order valence-corrected chi connectivity index (χ3v) is 6.10. The summed E-state index contributed by atoms with van der Waals surface area (Å²) in [6, 6.07) is 14.3. The van der Waals surface area contributed by atoms with E-state index in [1.54, 1.807) is 36.4 Å². The highest BCUT2D eigenvalue weighted by molar-refractivity contribution is 9.10. The van der Waals surface area contributed by atoms with E-state index in [0.717, 1.165) is 4.47 Å². The number of carbonyl (C=O) groups excluding carboxylic acids is 2. The van der Waals surface area contributed by atoms with Gasteiger partial charge in [0.1, 0.15) is 0 Å². The fourth-order valence-electron chi connectivity index (χ4n) is 2.65. The average molecular weight is 509 g/mol. The third kappa shape index (κ3) is 5.62. The molecule has 2 N–H and O–H groups in total. The number of aromatic nitrogens is 3. The maximum absolute atomic E-state index is 12.4. The van der Waals surface area contributed by atoms with Crippen LogP contribution in [0.25, 0.3) is 0 Å². The smallest absolute Gasteiger partial charge is 0.252 e. The van der Waals surface area contributed by atoms with Crippen LogP contribution >= 0.6 is 39.3 Å². The van der Waals surface area contributed by atoms with Gasteiger partial charge in [-0.25, -0.2) is 0 Å². The van der Waals surface area contributed by atoms with Crippen molar-refractivity contribution in [1.29, 1.82) is 0 Å². The zero-order chi connectivity index (χ0) is 21.5. The molecule has 0 aliphatic rings. The van der Waals surface area contributed by atoms with Crippen molar-refractivity contribution in [2.75, 3.05) is 11.1 Å². The first kappa shape index (κ1) is 22.3. The molecule has 0 aliphatic heterocycles. The Hall–Kier alpha value is -2.36. The van der Waals surface area contributed by atoms with Crippen molar-refractivity contribution in [3.63, 3.8) is 0 Å². The minimum Gasteiger partial charge on any atom is -0.345 e. The Morgan fingerprint density at radius 2 is 1.87 bits per heavy atom. The summed E-state index contributed by atoms with van der Waals surface area (Å²) in [5.41, 5.74) is 1.11. The summed E-state index contributed by atoms with van der Waals surface area (Å²) in [5.74, 6) is 0.378. The normalized spacial score (nSPS) is 10.6. The number of hydrogen-bond donors (Lipinski definition) is 2. The molecule has 0 atom stereocenters. The van der Waals surface area contributed by atoms with E-state index in [1.165, 1.54) is 11.8 Å². The van der Waals surface area contributed by atoms with Crippen LogP contribution in [0, 0.1) is 0 Å². The monoisotopic (exact) mass is 507 g/mol. The lowest BCUT2D eigenvalue weighted by Gasteiger charge is -2.09. The molecule has 3 rings (SSSR count). The van der Waals surface area contributed by atoms with Gasteiger partial charge < -0.3 is 15.2 Å². The Kier molecular flexibility index (Phi) is 7.89. The molecule has 3 aromatic rings. The van der Waals surface area contributed by atoms with Crippen molar-refractivity contribution in [3.05, 3.63) is 69.4 Å². The fourth-order valence-corrected chi connectivity index (χ4v) is 4.12. The highest BCUT2D eigenvalue weighted by atomic mass is 79.9. The van der Waals surface area contributed by atoms with Crippen LogP contribution in [-0.4, -0.2) is 32.3 Å². The molecular formula is C20H19BrClN5O2S. The van der Waals surface area contributed by atoms with Gasteiger partial charge >= 0.3 is 0 Å². The predicted molar refractivity (Wildman–Crippen MR) is 122 cm³/mol. The Bertz CT molecular complexity index is 1060. The van der Waals surface area contributed by atoms with Crippen LogP contribution in [0.4, 0.5) is 5.69 Å². The van der Waals surface area contributed by atoms with E-state index in [4.69, 9.17) is 11.6 Å². The molecule has 0 bridgehead atoms. The molecule has 1 aromatic heterocycles. The molecule has 0 saturated carbocycles. The van der Waals surface area contributed by atoms with E-state index < -0.39 is 0 Å². The molecule has 0 saturated heterocycles. The molecule has 7 nitrogen and oxygen atoms in total. The second kappa shape index (κ2) is 10.6. The zero-order valence-electron chi connectivity index (χ0n) is 16.1. The first-order valence-corrected chi connectivity index (χ1v) is 11.3. The lowest BCUT2D eigenvalue weighted by molar-refractivity contribution is -0.113.